The highest BCUT2D eigenvalue weighted by atomic mass is 16.1. The van der Waals surface area contributed by atoms with Gasteiger partial charge in [-0.15, -0.1) is 0 Å². The molecule has 0 aliphatic rings. The minimum atomic E-state index is -0.237. The Balaban J connectivity index is 1.83. The van der Waals surface area contributed by atoms with Crippen molar-refractivity contribution in [2.75, 3.05) is 16.8 Å². The minimum absolute atomic E-state index is 0.237. The van der Waals surface area contributed by atoms with Crippen LogP contribution < -0.4 is 10.2 Å². The minimum Gasteiger partial charge on any atom is -0.337 e. The molecule has 132 valence electrons. The van der Waals surface area contributed by atoms with Gasteiger partial charge in [0.15, 0.2) is 0 Å². The smallest absolute Gasteiger partial charge is 0.274 e. The molecule has 0 fully saturated rings. The molecule has 3 rings (SSSR count). The maximum absolute atomic E-state index is 12.6. The van der Waals surface area contributed by atoms with Gasteiger partial charge in [0.05, 0.1) is 0 Å². The van der Waals surface area contributed by atoms with Crippen LogP contribution in [0.5, 0.6) is 0 Å². The predicted octanol–water partition coefficient (Wildman–Crippen LogP) is 4.06. The molecule has 0 bridgehead atoms. The van der Waals surface area contributed by atoms with E-state index in [0.717, 1.165) is 17.9 Å². The quantitative estimate of drug-likeness (QED) is 0.731. The van der Waals surface area contributed by atoms with Crippen LogP contribution in [-0.4, -0.2) is 22.4 Å². The SMILES string of the molecule is CCN(Cc1ccccc1)c1nc(C)cc(C(=O)Nc2ccccc2)n1. The second-order valence-electron chi connectivity index (χ2n) is 6.01. The number of hydrogen-bond acceptors (Lipinski definition) is 4. The third-order valence-corrected chi connectivity index (χ3v) is 3.99. The average molecular weight is 346 g/mol. The van der Waals surface area contributed by atoms with Crippen LogP contribution in [0.3, 0.4) is 0 Å². The highest BCUT2D eigenvalue weighted by Crippen LogP contribution is 2.15. The first-order valence-corrected chi connectivity index (χ1v) is 8.66. The molecule has 0 aliphatic heterocycles. The summed E-state index contributed by atoms with van der Waals surface area (Å²) < 4.78 is 0. The molecule has 0 spiro atoms. The molecule has 26 heavy (non-hydrogen) atoms. The Hall–Kier alpha value is -3.21. The molecule has 5 nitrogen and oxygen atoms in total. The Morgan fingerprint density at radius 2 is 1.65 bits per heavy atom. The third kappa shape index (κ3) is 4.45. The van der Waals surface area contributed by atoms with E-state index in [2.05, 4.69) is 39.2 Å². The molecule has 2 aromatic carbocycles. The molecule has 0 aliphatic carbocycles. The number of anilines is 2. The van der Waals surface area contributed by atoms with Gasteiger partial charge in [-0.3, -0.25) is 4.79 Å². The van der Waals surface area contributed by atoms with Crippen LogP contribution >= 0.6 is 0 Å². The molecule has 0 saturated heterocycles. The molecule has 0 saturated carbocycles. The number of nitrogens with one attached hydrogen (secondary N) is 1. The van der Waals surface area contributed by atoms with Gasteiger partial charge in [-0.2, -0.15) is 0 Å². The Labute approximate surface area is 153 Å². The van der Waals surface area contributed by atoms with Gasteiger partial charge in [0, 0.05) is 24.5 Å². The lowest BCUT2D eigenvalue weighted by atomic mass is 10.2. The van der Waals surface area contributed by atoms with Gasteiger partial charge in [-0.25, -0.2) is 9.97 Å². The van der Waals surface area contributed by atoms with Crippen molar-refractivity contribution in [3.63, 3.8) is 0 Å². The van der Waals surface area contributed by atoms with Crippen LogP contribution in [0.25, 0.3) is 0 Å². The number of hydrogen-bond donors (Lipinski definition) is 1. The zero-order valence-corrected chi connectivity index (χ0v) is 15.0. The van der Waals surface area contributed by atoms with E-state index in [1.807, 2.05) is 55.5 Å². The van der Waals surface area contributed by atoms with Gasteiger partial charge < -0.3 is 10.2 Å². The lowest BCUT2D eigenvalue weighted by Crippen LogP contribution is -2.26. The standard InChI is InChI=1S/C21H22N4O/c1-3-25(15-17-10-6-4-7-11-17)21-22-16(2)14-19(24-21)20(26)23-18-12-8-5-9-13-18/h4-14H,3,15H2,1-2H3,(H,23,26). The normalized spacial score (nSPS) is 10.4. The molecular weight excluding hydrogens is 324 g/mol. The zero-order valence-electron chi connectivity index (χ0n) is 15.0. The second-order valence-corrected chi connectivity index (χ2v) is 6.01. The molecule has 1 aromatic heterocycles. The fourth-order valence-electron chi connectivity index (χ4n) is 2.65. The third-order valence-electron chi connectivity index (χ3n) is 3.99. The van der Waals surface area contributed by atoms with Gasteiger partial charge in [-0.05, 0) is 37.6 Å². The molecule has 5 heteroatoms. The van der Waals surface area contributed by atoms with E-state index in [9.17, 15) is 4.79 Å². The predicted molar refractivity (Wildman–Crippen MR) is 104 cm³/mol. The van der Waals surface area contributed by atoms with Crippen LogP contribution in [0.15, 0.2) is 66.7 Å². The van der Waals surface area contributed by atoms with Crippen LogP contribution in [0.1, 0.15) is 28.7 Å². The van der Waals surface area contributed by atoms with Gasteiger partial charge >= 0.3 is 0 Å². The van der Waals surface area contributed by atoms with Crippen LogP contribution in [-0.2, 0) is 6.54 Å². The summed E-state index contributed by atoms with van der Waals surface area (Å²) in [5, 5.41) is 2.87. The van der Waals surface area contributed by atoms with Crippen molar-refractivity contribution in [1.82, 2.24) is 9.97 Å². The topological polar surface area (TPSA) is 58.1 Å². The number of aryl methyl sites for hydroxylation is 1. The fraction of sp³-hybridized carbons (Fsp3) is 0.190. The summed E-state index contributed by atoms with van der Waals surface area (Å²) in [5.41, 5.74) is 3.05. The lowest BCUT2D eigenvalue weighted by molar-refractivity contribution is 0.102. The Kier molecular flexibility index (Phi) is 5.59. The Morgan fingerprint density at radius 3 is 2.31 bits per heavy atom. The highest BCUT2D eigenvalue weighted by molar-refractivity contribution is 6.03. The number of carbonyl (C=O) groups is 1. The van der Waals surface area contributed by atoms with E-state index >= 15 is 0 Å². The van der Waals surface area contributed by atoms with E-state index in [4.69, 9.17) is 0 Å². The van der Waals surface area contributed by atoms with E-state index in [1.165, 1.54) is 5.56 Å². The first kappa shape index (κ1) is 17.6. The number of amides is 1. The van der Waals surface area contributed by atoms with Crippen molar-refractivity contribution in [1.29, 1.82) is 0 Å². The van der Waals surface area contributed by atoms with Crippen molar-refractivity contribution in [2.24, 2.45) is 0 Å². The van der Waals surface area contributed by atoms with Crippen molar-refractivity contribution < 1.29 is 4.79 Å². The summed E-state index contributed by atoms with van der Waals surface area (Å²) >= 11 is 0. The summed E-state index contributed by atoms with van der Waals surface area (Å²) in [4.78, 5) is 23.7. The van der Waals surface area contributed by atoms with Gasteiger partial charge in [0.2, 0.25) is 5.95 Å². The molecule has 0 radical (unpaired) electrons. The fourth-order valence-corrected chi connectivity index (χ4v) is 2.65. The van der Waals surface area contributed by atoms with Crippen molar-refractivity contribution in [3.05, 3.63) is 83.7 Å². The summed E-state index contributed by atoms with van der Waals surface area (Å²) in [5.74, 6) is 0.327. The van der Waals surface area contributed by atoms with Crippen molar-refractivity contribution in [2.45, 2.75) is 20.4 Å². The number of nitrogens with zero attached hydrogens (tertiary/aromatic N) is 3. The molecule has 0 atom stereocenters. The number of carbonyl (C=O) groups excluding carboxylic acids is 1. The van der Waals surface area contributed by atoms with E-state index < -0.39 is 0 Å². The Bertz CT molecular complexity index is 866. The number of aromatic nitrogens is 2. The summed E-state index contributed by atoms with van der Waals surface area (Å²) in [6.07, 6.45) is 0. The zero-order chi connectivity index (χ0) is 18.4. The second kappa shape index (κ2) is 8.25. The average Bonchev–Trinajstić information content (AvgIpc) is 2.67. The molecule has 1 N–H and O–H groups in total. The van der Waals surface area contributed by atoms with E-state index in [0.29, 0.717) is 18.2 Å². The molecule has 3 aromatic rings. The molecule has 0 unspecified atom stereocenters. The largest absolute Gasteiger partial charge is 0.337 e. The van der Waals surface area contributed by atoms with Crippen molar-refractivity contribution in [3.8, 4) is 0 Å². The number of rotatable bonds is 6. The number of para-hydroxylation sites is 1. The van der Waals surface area contributed by atoms with E-state index in [-0.39, 0.29) is 5.91 Å². The van der Waals surface area contributed by atoms with Gasteiger partial charge in [0.1, 0.15) is 5.69 Å². The highest BCUT2D eigenvalue weighted by Gasteiger charge is 2.15. The number of benzene rings is 2. The van der Waals surface area contributed by atoms with Gasteiger partial charge in [-0.1, -0.05) is 48.5 Å². The molecule has 1 heterocycles. The summed E-state index contributed by atoms with van der Waals surface area (Å²) in [6.45, 7) is 5.37. The van der Waals surface area contributed by atoms with E-state index in [1.54, 1.807) is 6.07 Å². The maximum Gasteiger partial charge on any atom is 0.274 e. The first-order chi connectivity index (χ1) is 12.7. The Morgan fingerprint density at radius 1 is 1.00 bits per heavy atom. The lowest BCUT2D eigenvalue weighted by Gasteiger charge is -2.21. The first-order valence-electron chi connectivity index (χ1n) is 8.66. The van der Waals surface area contributed by atoms with Crippen molar-refractivity contribution >= 4 is 17.5 Å². The molecule has 1 amide bonds. The summed E-state index contributed by atoms with van der Waals surface area (Å²) in [6, 6.07) is 21.2. The monoisotopic (exact) mass is 346 g/mol. The summed E-state index contributed by atoms with van der Waals surface area (Å²) in [7, 11) is 0. The van der Waals surface area contributed by atoms with Crippen LogP contribution in [0, 0.1) is 6.92 Å². The molecular formula is C21H22N4O. The van der Waals surface area contributed by atoms with Crippen LogP contribution in [0.4, 0.5) is 11.6 Å². The maximum atomic E-state index is 12.6. The van der Waals surface area contributed by atoms with Gasteiger partial charge in [0.25, 0.3) is 5.91 Å². The van der Waals surface area contributed by atoms with Crippen LogP contribution in [0.2, 0.25) is 0 Å².